The van der Waals surface area contributed by atoms with Crippen molar-refractivity contribution in [3.8, 4) is 44.5 Å². The van der Waals surface area contributed by atoms with Crippen LogP contribution in [0.5, 0.6) is 0 Å². The van der Waals surface area contributed by atoms with Crippen molar-refractivity contribution < 1.29 is 0 Å². The van der Waals surface area contributed by atoms with E-state index in [4.69, 9.17) is 0 Å². The third kappa shape index (κ3) is 3.10. The Bertz CT molecular complexity index is 1700. The average Bonchev–Trinajstić information content (AvgIpc) is 3.01. The number of aromatic nitrogens is 2. The van der Waals surface area contributed by atoms with Crippen molar-refractivity contribution >= 4 is 29.1 Å². The van der Waals surface area contributed by atoms with Gasteiger partial charge in [-0.2, -0.15) is 0 Å². The first kappa shape index (κ1) is 21.2. The molecular formula is C34H22BN3. The standard InChI is InChI=1S/C34H22BN3/c1-3-11-31-27(9-1)29-19-23(25-7-5-17-36-21-25)13-15-33(29)38-34-16-14-24(26-8-6-18-37-22-26)20-30(34)28-10-2-4-12-32(28)35(31)38/h1-22H. The third-order valence-electron chi connectivity index (χ3n) is 7.85. The van der Waals surface area contributed by atoms with E-state index in [2.05, 4.69) is 112 Å². The quantitative estimate of drug-likeness (QED) is 0.256. The van der Waals surface area contributed by atoms with Crippen molar-refractivity contribution in [1.82, 2.24) is 9.97 Å². The highest BCUT2D eigenvalue weighted by Crippen LogP contribution is 2.47. The maximum absolute atomic E-state index is 4.36. The fourth-order valence-corrected chi connectivity index (χ4v) is 6.16. The van der Waals surface area contributed by atoms with Gasteiger partial charge in [-0.3, -0.25) is 9.97 Å². The number of nitrogens with zero attached hydrogens (tertiary/aromatic N) is 3. The van der Waals surface area contributed by atoms with Crippen molar-refractivity contribution in [1.29, 1.82) is 0 Å². The molecule has 176 valence electrons. The van der Waals surface area contributed by atoms with Gasteiger partial charge < -0.3 is 4.81 Å². The largest absolute Gasteiger partial charge is 0.376 e. The second-order valence-electron chi connectivity index (χ2n) is 9.89. The van der Waals surface area contributed by atoms with E-state index < -0.39 is 0 Å². The smallest absolute Gasteiger partial charge is 0.329 e. The summed E-state index contributed by atoms with van der Waals surface area (Å²) in [5.74, 6) is 0. The second-order valence-corrected chi connectivity index (χ2v) is 9.89. The predicted octanol–water partition coefficient (Wildman–Crippen LogP) is 6.72. The zero-order valence-electron chi connectivity index (χ0n) is 20.6. The van der Waals surface area contributed by atoms with Gasteiger partial charge in [-0.05, 0) is 69.6 Å². The molecule has 0 spiro atoms. The molecule has 0 saturated carbocycles. The Morgan fingerprint density at radius 2 is 0.947 bits per heavy atom. The number of hydrogen-bond acceptors (Lipinski definition) is 3. The zero-order chi connectivity index (χ0) is 25.1. The van der Waals surface area contributed by atoms with Crippen LogP contribution in [0.15, 0.2) is 134 Å². The highest BCUT2D eigenvalue weighted by Gasteiger charge is 2.42. The van der Waals surface area contributed by atoms with Gasteiger partial charge in [0.1, 0.15) is 0 Å². The molecule has 0 aliphatic carbocycles. The Morgan fingerprint density at radius 3 is 1.42 bits per heavy atom. The van der Waals surface area contributed by atoms with Crippen LogP contribution in [0.1, 0.15) is 0 Å². The van der Waals surface area contributed by atoms with Crippen molar-refractivity contribution in [2.24, 2.45) is 0 Å². The summed E-state index contributed by atoms with van der Waals surface area (Å²) < 4.78 is 0. The highest BCUT2D eigenvalue weighted by atomic mass is 15.1. The van der Waals surface area contributed by atoms with Crippen LogP contribution in [0.25, 0.3) is 44.5 Å². The van der Waals surface area contributed by atoms with E-state index in [1.54, 1.807) is 0 Å². The van der Waals surface area contributed by atoms with Crippen LogP contribution in [0, 0.1) is 0 Å². The van der Waals surface area contributed by atoms with E-state index in [1.807, 2.05) is 36.9 Å². The molecule has 0 bridgehead atoms. The summed E-state index contributed by atoms with van der Waals surface area (Å²) in [4.78, 5) is 11.2. The van der Waals surface area contributed by atoms with Gasteiger partial charge in [-0.1, -0.05) is 72.8 Å². The lowest BCUT2D eigenvalue weighted by atomic mass is 9.43. The Labute approximate surface area is 222 Å². The molecule has 0 atom stereocenters. The highest BCUT2D eigenvalue weighted by molar-refractivity contribution is 6.92. The van der Waals surface area contributed by atoms with E-state index >= 15 is 0 Å². The first-order valence-electron chi connectivity index (χ1n) is 12.9. The van der Waals surface area contributed by atoms with Crippen LogP contribution >= 0.6 is 0 Å². The minimum atomic E-state index is 0.107. The molecule has 38 heavy (non-hydrogen) atoms. The predicted molar refractivity (Wildman–Crippen MR) is 157 cm³/mol. The normalized spacial score (nSPS) is 12.6. The molecule has 2 aliphatic heterocycles. The van der Waals surface area contributed by atoms with Gasteiger partial charge in [0.15, 0.2) is 0 Å². The summed E-state index contributed by atoms with van der Waals surface area (Å²) in [5, 5.41) is 0. The minimum Gasteiger partial charge on any atom is -0.376 e. The Morgan fingerprint density at radius 1 is 0.447 bits per heavy atom. The SMILES string of the molecule is c1cncc(-c2ccc3c(c2)-c2ccccc2B2c4ccccc4-c4cc(-c5cccnc5)ccc4N23)c1. The number of rotatable bonds is 2. The zero-order valence-corrected chi connectivity index (χ0v) is 20.6. The summed E-state index contributed by atoms with van der Waals surface area (Å²) in [7, 11) is 0. The number of fused-ring (bicyclic) bond motifs is 11. The molecule has 2 aliphatic rings. The molecule has 6 aromatic rings. The first-order valence-corrected chi connectivity index (χ1v) is 12.9. The molecule has 2 aromatic heterocycles. The summed E-state index contributed by atoms with van der Waals surface area (Å²) in [6.45, 7) is 0.107. The van der Waals surface area contributed by atoms with Gasteiger partial charge in [0.2, 0.25) is 0 Å². The molecule has 3 nitrogen and oxygen atoms in total. The first-order chi connectivity index (χ1) is 18.9. The van der Waals surface area contributed by atoms with Crippen molar-refractivity contribution in [2.75, 3.05) is 4.81 Å². The van der Waals surface area contributed by atoms with Crippen LogP contribution < -0.4 is 15.7 Å². The fraction of sp³-hybridized carbons (Fsp3) is 0. The van der Waals surface area contributed by atoms with Crippen LogP contribution in [-0.4, -0.2) is 16.8 Å². The van der Waals surface area contributed by atoms with Crippen molar-refractivity contribution in [3.05, 3.63) is 134 Å². The number of anilines is 2. The molecule has 0 N–H and O–H groups in total. The summed E-state index contributed by atoms with van der Waals surface area (Å²) in [5.41, 5.74) is 14.8. The number of pyridine rings is 2. The van der Waals surface area contributed by atoms with Crippen LogP contribution in [0.3, 0.4) is 0 Å². The van der Waals surface area contributed by atoms with Gasteiger partial charge in [0.05, 0.1) is 0 Å². The summed E-state index contributed by atoms with van der Waals surface area (Å²) >= 11 is 0. The van der Waals surface area contributed by atoms with Gasteiger partial charge in [-0.15, -0.1) is 0 Å². The number of hydrogen-bond donors (Lipinski definition) is 0. The van der Waals surface area contributed by atoms with Crippen LogP contribution in [0.2, 0.25) is 0 Å². The molecule has 4 heteroatoms. The van der Waals surface area contributed by atoms with Crippen LogP contribution in [-0.2, 0) is 0 Å². The van der Waals surface area contributed by atoms with E-state index in [-0.39, 0.29) is 6.85 Å². The van der Waals surface area contributed by atoms with E-state index in [9.17, 15) is 0 Å². The molecule has 0 saturated heterocycles. The molecule has 0 fully saturated rings. The van der Waals surface area contributed by atoms with E-state index in [1.165, 1.54) is 55.7 Å². The third-order valence-corrected chi connectivity index (χ3v) is 7.85. The fourth-order valence-electron chi connectivity index (χ4n) is 6.16. The summed E-state index contributed by atoms with van der Waals surface area (Å²) in [6, 6.07) is 39.7. The maximum Gasteiger partial charge on any atom is 0.329 e. The molecule has 4 heterocycles. The lowest BCUT2D eigenvalue weighted by Gasteiger charge is -2.43. The minimum absolute atomic E-state index is 0.107. The van der Waals surface area contributed by atoms with E-state index in [0.29, 0.717) is 0 Å². The molecule has 4 aromatic carbocycles. The lowest BCUT2D eigenvalue weighted by Crippen LogP contribution is -2.59. The van der Waals surface area contributed by atoms with Gasteiger partial charge in [0, 0.05) is 58.4 Å². The van der Waals surface area contributed by atoms with Crippen molar-refractivity contribution in [3.63, 3.8) is 0 Å². The molecule has 0 amide bonds. The topological polar surface area (TPSA) is 29.0 Å². The van der Waals surface area contributed by atoms with Crippen molar-refractivity contribution in [2.45, 2.75) is 0 Å². The monoisotopic (exact) mass is 483 g/mol. The van der Waals surface area contributed by atoms with Gasteiger partial charge in [-0.25, -0.2) is 0 Å². The van der Waals surface area contributed by atoms with Crippen LogP contribution in [0.4, 0.5) is 11.4 Å². The van der Waals surface area contributed by atoms with Gasteiger partial charge >= 0.3 is 6.85 Å². The lowest BCUT2D eigenvalue weighted by molar-refractivity contribution is 1.32. The molecule has 8 rings (SSSR count). The van der Waals surface area contributed by atoms with Gasteiger partial charge in [0.25, 0.3) is 0 Å². The Balaban J connectivity index is 1.40. The summed E-state index contributed by atoms with van der Waals surface area (Å²) in [6.07, 6.45) is 7.52. The molecular weight excluding hydrogens is 461 g/mol. The number of benzene rings is 4. The Kier molecular flexibility index (Phi) is 4.62. The van der Waals surface area contributed by atoms with E-state index in [0.717, 1.165) is 11.1 Å². The maximum atomic E-state index is 4.36. The molecule has 0 radical (unpaired) electrons. The molecule has 0 unspecified atom stereocenters. The average molecular weight is 483 g/mol. The second kappa shape index (κ2) is 8.29. The Hall–Kier alpha value is -4.96.